The summed E-state index contributed by atoms with van der Waals surface area (Å²) in [5, 5.41) is 6.71. The summed E-state index contributed by atoms with van der Waals surface area (Å²) in [5.74, 6) is 0.864. The molecule has 0 radical (unpaired) electrons. The van der Waals surface area contributed by atoms with Gasteiger partial charge in [-0.2, -0.15) is 0 Å². The fourth-order valence-corrected chi connectivity index (χ4v) is 2.53. The number of aryl methyl sites for hydroxylation is 2. The largest absolute Gasteiger partial charge is 0.357 e. The van der Waals surface area contributed by atoms with Crippen LogP contribution >= 0.6 is 24.0 Å². The Hall–Kier alpha value is -1.63. The third-order valence-corrected chi connectivity index (χ3v) is 3.93. The molecule has 0 saturated carbocycles. The topological polar surface area (TPSA) is 49.3 Å². The lowest BCUT2D eigenvalue weighted by atomic mass is 10.1. The Labute approximate surface area is 168 Å². The lowest BCUT2D eigenvalue weighted by Gasteiger charge is -2.12. The molecule has 1 heterocycles. The number of pyridine rings is 1. The molecule has 136 valence electrons. The van der Waals surface area contributed by atoms with Crippen LogP contribution in [0.25, 0.3) is 0 Å². The van der Waals surface area contributed by atoms with E-state index in [-0.39, 0.29) is 24.0 Å². The fraction of sp³-hybridized carbons (Fsp3) is 0.400. The normalized spacial score (nSPS) is 10.9. The summed E-state index contributed by atoms with van der Waals surface area (Å²) in [6.45, 7) is 8.67. The summed E-state index contributed by atoms with van der Waals surface area (Å²) in [4.78, 5) is 9.05. The van der Waals surface area contributed by atoms with Gasteiger partial charge in [0.05, 0.1) is 6.54 Å². The van der Waals surface area contributed by atoms with Crippen molar-refractivity contribution >= 4 is 29.9 Å². The van der Waals surface area contributed by atoms with Gasteiger partial charge in [-0.1, -0.05) is 37.3 Å². The average Bonchev–Trinajstić information content (AvgIpc) is 2.61. The molecule has 2 N–H and O–H groups in total. The zero-order valence-corrected chi connectivity index (χ0v) is 17.7. The van der Waals surface area contributed by atoms with Gasteiger partial charge in [0, 0.05) is 25.0 Å². The standard InChI is InChI=1S/C20H28N4.HI/c1-4-18-8-6-7-9-19(18)15-24-20(21-5-2)22-13-12-17-11-10-16(3)23-14-17;/h6-11,14H,4-5,12-13,15H2,1-3H3,(H2,21,22,24);1H. The number of hydrogen-bond donors (Lipinski definition) is 2. The van der Waals surface area contributed by atoms with Crippen molar-refractivity contribution in [2.24, 2.45) is 4.99 Å². The molecule has 1 aromatic heterocycles. The van der Waals surface area contributed by atoms with E-state index >= 15 is 0 Å². The minimum atomic E-state index is 0. The fourth-order valence-electron chi connectivity index (χ4n) is 2.53. The molecule has 0 aliphatic carbocycles. The quantitative estimate of drug-likeness (QED) is 0.381. The molecule has 0 saturated heterocycles. The Kier molecular flexibility index (Phi) is 10.1. The van der Waals surface area contributed by atoms with Crippen molar-refractivity contribution < 1.29 is 0 Å². The van der Waals surface area contributed by atoms with Crippen LogP contribution in [0.4, 0.5) is 0 Å². The Morgan fingerprint density at radius 1 is 1.04 bits per heavy atom. The van der Waals surface area contributed by atoms with E-state index in [1.807, 2.05) is 13.1 Å². The van der Waals surface area contributed by atoms with Crippen LogP contribution in [-0.4, -0.2) is 24.0 Å². The summed E-state index contributed by atoms with van der Waals surface area (Å²) in [6.07, 6.45) is 3.91. The second-order valence-electron chi connectivity index (χ2n) is 5.80. The maximum Gasteiger partial charge on any atom is 0.191 e. The summed E-state index contributed by atoms with van der Waals surface area (Å²) < 4.78 is 0. The smallest absolute Gasteiger partial charge is 0.191 e. The number of guanidine groups is 1. The lowest BCUT2D eigenvalue weighted by molar-refractivity contribution is 0.796. The van der Waals surface area contributed by atoms with E-state index in [9.17, 15) is 0 Å². The second kappa shape index (κ2) is 11.8. The van der Waals surface area contributed by atoms with Crippen LogP contribution in [0.2, 0.25) is 0 Å². The first-order valence-electron chi connectivity index (χ1n) is 8.73. The number of hydrogen-bond acceptors (Lipinski definition) is 2. The van der Waals surface area contributed by atoms with Gasteiger partial charge < -0.3 is 10.6 Å². The number of aromatic nitrogens is 1. The van der Waals surface area contributed by atoms with Crippen molar-refractivity contribution in [3.8, 4) is 0 Å². The third kappa shape index (κ3) is 7.42. The highest BCUT2D eigenvalue weighted by Crippen LogP contribution is 2.10. The Balaban J connectivity index is 0.00000312. The van der Waals surface area contributed by atoms with Crippen LogP contribution in [0.5, 0.6) is 0 Å². The molecular weight excluding hydrogens is 423 g/mol. The van der Waals surface area contributed by atoms with Crippen molar-refractivity contribution in [3.63, 3.8) is 0 Å². The van der Waals surface area contributed by atoms with Crippen LogP contribution < -0.4 is 10.6 Å². The maximum atomic E-state index is 4.72. The SMILES string of the molecule is CCNC(=NCc1ccccc1CC)NCCc1ccc(C)nc1.I. The molecule has 0 aliphatic rings. The molecule has 2 aromatic rings. The van der Waals surface area contributed by atoms with Crippen LogP contribution in [0.15, 0.2) is 47.6 Å². The molecule has 0 fully saturated rings. The van der Waals surface area contributed by atoms with Crippen molar-refractivity contribution in [2.75, 3.05) is 13.1 Å². The second-order valence-corrected chi connectivity index (χ2v) is 5.80. The Bertz CT molecular complexity index is 653. The van der Waals surface area contributed by atoms with Crippen LogP contribution in [0.3, 0.4) is 0 Å². The van der Waals surface area contributed by atoms with E-state index in [1.54, 1.807) is 0 Å². The monoisotopic (exact) mass is 452 g/mol. The molecule has 2 rings (SSSR count). The lowest BCUT2D eigenvalue weighted by Crippen LogP contribution is -2.38. The number of benzene rings is 1. The van der Waals surface area contributed by atoms with Crippen molar-refractivity contribution in [1.29, 1.82) is 0 Å². The van der Waals surface area contributed by atoms with Gasteiger partial charge in [0.15, 0.2) is 5.96 Å². The molecule has 0 unspecified atom stereocenters. The highest BCUT2D eigenvalue weighted by Gasteiger charge is 2.01. The highest BCUT2D eigenvalue weighted by atomic mass is 127. The van der Waals surface area contributed by atoms with Crippen molar-refractivity contribution in [1.82, 2.24) is 15.6 Å². The number of rotatable bonds is 7. The summed E-state index contributed by atoms with van der Waals surface area (Å²) in [5.41, 5.74) is 4.94. The van der Waals surface area contributed by atoms with Crippen LogP contribution in [-0.2, 0) is 19.4 Å². The number of halogens is 1. The summed E-state index contributed by atoms with van der Waals surface area (Å²) in [7, 11) is 0. The van der Waals surface area contributed by atoms with Crippen LogP contribution in [0, 0.1) is 6.92 Å². The van der Waals surface area contributed by atoms with Crippen LogP contribution in [0.1, 0.15) is 36.2 Å². The molecule has 0 bridgehead atoms. The van der Waals surface area contributed by atoms with Gasteiger partial charge in [0.2, 0.25) is 0 Å². The molecule has 5 heteroatoms. The molecule has 0 spiro atoms. The van der Waals surface area contributed by atoms with E-state index in [2.05, 4.69) is 65.9 Å². The molecular formula is C20H29IN4. The number of nitrogens with zero attached hydrogens (tertiary/aromatic N) is 2. The van der Waals surface area contributed by atoms with Gasteiger partial charge in [-0.15, -0.1) is 24.0 Å². The van der Waals surface area contributed by atoms with E-state index in [4.69, 9.17) is 4.99 Å². The van der Waals surface area contributed by atoms with Crippen molar-refractivity contribution in [3.05, 3.63) is 65.0 Å². The molecule has 0 aliphatic heterocycles. The third-order valence-electron chi connectivity index (χ3n) is 3.93. The molecule has 4 nitrogen and oxygen atoms in total. The molecule has 25 heavy (non-hydrogen) atoms. The van der Waals surface area contributed by atoms with E-state index in [1.165, 1.54) is 16.7 Å². The van der Waals surface area contributed by atoms with E-state index in [0.29, 0.717) is 6.54 Å². The highest BCUT2D eigenvalue weighted by molar-refractivity contribution is 14.0. The average molecular weight is 452 g/mol. The van der Waals surface area contributed by atoms with E-state index < -0.39 is 0 Å². The van der Waals surface area contributed by atoms with Gasteiger partial charge in [-0.05, 0) is 49.4 Å². The first kappa shape index (κ1) is 21.4. The predicted molar refractivity (Wildman–Crippen MR) is 117 cm³/mol. The molecule has 0 atom stereocenters. The Morgan fingerprint density at radius 2 is 1.80 bits per heavy atom. The first-order valence-corrected chi connectivity index (χ1v) is 8.73. The van der Waals surface area contributed by atoms with Gasteiger partial charge in [-0.3, -0.25) is 4.98 Å². The minimum Gasteiger partial charge on any atom is -0.357 e. The zero-order chi connectivity index (χ0) is 17.2. The molecule has 0 amide bonds. The van der Waals surface area contributed by atoms with Gasteiger partial charge in [0.25, 0.3) is 0 Å². The molecule has 1 aromatic carbocycles. The number of aliphatic imine (C=N–C) groups is 1. The summed E-state index contributed by atoms with van der Waals surface area (Å²) >= 11 is 0. The maximum absolute atomic E-state index is 4.72. The Morgan fingerprint density at radius 3 is 2.44 bits per heavy atom. The van der Waals surface area contributed by atoms with Gasteiger partial charge >= 0.3 is 0 Å². The van der Waals surface area contributed by atoms with Crippen molar-refractivity contribution in [2.45, 2.75) is 40.2 Å². The van der Waals surface area contributed by atoms with Gasteiger partial charge in [-0.25, -0.2) is 4.99 Å². The van der Waals surface area contributed by atoms with E-state index in [0.717, 1.165) is 37.6 Å². The first-order chi connectivity index (χ1) is 11.7. The predicted octanol–water partition coefficient (Wildman–Crippen LogP) is 3.87. The minimum absolute atomic E-state index is 0. The zero-order valence-electron chi connectivity index (χ0n) is 15.4. The number of nitrogens with one attached hydrogen (secondary N) is 2. The summed E-state index contributed by atoms with van der Waals surface area (Å²) in [6, 6.07) is 12.7. The van der Waals surface area contributed by atoms with Gasteiger partial charge in [0.1, 0.15) is 0 Å².